The normalized spacial score (nSPS) is 16.2. The second-order valence-corrected chi connectivity index (χ2v) is 12.1. The number of rotatable bonds is 6. The minimum atomic E-state index is -2.39. The topological polar surface area (TPSA) is 0 Å². The zero-order chi connectivity index (χ0) is 20.2. The van der Waals surface area contributed by atoms with E-state index in [1.165, 1.54) is 15.6 Å². The van der Waals surface area contributed by atoms with Gasteiger partial charge in [0.1, 0.15) is 0 Å². The summed E-state index contributed by atoms with van der Waals surface area (Å²) in [5.41, 5.74) is 0.453. The molecule has 0 unspecified atom stereocenters. The lowest BCUT2D eigenvalue weighted by Crippen LogP contribution is -2.71. The minimum Gasteiger partial charge on any atom is -0.0776 e. The summed E-state index contributed by atoms with van der Waals surface area (Å²) < 4.78 is 0. The van der Waals surface area contributed by atoms with E-state index in [-0.39, 0.29) is 0 Å². The molecule has 0 spiro atoms. The average molecular weight is 403 g/mol. The van der Waals surface area contributed by atoms with Crippen LogP contribution in [0.3, 0.4) is 0 Å². The van der Waals surface area contributed by atoms with Gasteiger partial charge in [-0.05, 0) is 32.9 Å². The van der Waals surface area contributed by atoms with Crippen LogP contribution in [0.1, 0.15) is 0 Å². The summed E-state index contributed by atoms with van der Waals surface area (Å²) in [6.45, 7) is 0. The first-order valence-electron chi connectivity index (χ1n) is 10.8. The summed E-state index contributed by atoms with van der Waals surface area (Å²) in [6.07, 6.45) is 18.5. The Morgan fingerprint density at radius 1 is 0.433 bits per heavy atom. The van der Waals surface area contributed by atoms with E-state index in [1.807, 2.05) is 0 Å². The summed E-state index contributed by atoms with van der Waals surface area (Å²) in [6, 6.07) is 33.9. The predicted octanol–water partition coefficient (Wildman–Crippen LogP) is 5.01. The van der Waals surface area contributed by atoms with E-state index in [9.17, 15) is 0 Å². The highest BCUT2D eigenvalue weighted by Crippen LogP contribution is 2.42. The zero-order valence-electron chi connectivity index (χ0n) is 17.0. The Kier molecular flexibility index (Phi) is 5.21. The van der Waals surface area contributed by atoms with Crippen LogP contribution in [-0.4, -0.2) is 8.07 Å². The van der Waals surface area contributed by atoms with Crippen molar-refractivity contribution in [2.75, 3.05) is 0 Å². The van der Waals surface area contributed by atoms with E-state index in [0.717, 1.165) is 0 Å². The van der Waals surface area contributed by atoms with Gasteiger partial charge in [0.25, 0.3) is 0 Å². The van der Waals surface area contributed by atoms with Crippen molar-refractivity contribution in [1.82, 2.24) is 0 Å². The minimum absolute atomic E-state index is 0.412. The summed E-state index contributed by atoms with van der Waals surface area (Å²) in [5.74, 6) is 0.823. The van der Waals surface area contributed by atoms with Gasteiger partial charge in [-0.2, -0.15) is 0 Å². The molecule has 0 atom stereocenters. The molecule has 0 aliphatic heterocycles. The Morgan fingerprint density at radius 3 is 1.03 bits per heavy atom. The zero-order valence-corrected chi connectivity index (χ0v) is 18.0. The monoisotopic (exact) mass is 402 g/mol. The third-order valence-electron chi connectivity index (χ3n) is 6.57. The Morgan fingerprint density at radius 2 is 0.733 bits per heavy atom. The smallest absolute Gasteiger partial charge is 0.0776 e. The highest BCUT2D eigenvalue weighted by Gasteiger charge is 2.50. The number of allylic oxidation sites excluding steroid dienone is 8. The fourth-order valence-electron chi connectivity index (χ4n) is 5.39. The van der Waals surface area contributed by atoms with E-state index < -0.39 is 8.07 Å². The van der Waals surface area contributed by atoms with E-state index in [4.69, 9.17) is 0 Å². The largest absolute Gasteiger partial charge is 0.153 e. The second kappa shape index (κ2) is 8.29. The quantitative estimate of drug-likeness (QED) is 0.402. The van der Waals surface area contributed by atoms with Crippen LogP contribution in [0.15, 0.2) is 140 Å². The molecule has 2 aliphatic carbocycles. The standard InChI is InChI=1S/C29H26Si/c1-4-18-26(19-5-1)30(27-20-6-2-7-21-27,28-22-8-3-9-23-28)29(24-14-10-11-15-24)25-16-12-13-17-25/h1-25,29H. The Labute approximate surface area is 180 Å². The van der Waals surface area contributed by atoms with Crippen molar-refractivity contribution in [2.24, 2.45) is 11.8 Å². The molecule has 0 N–H and O–H groups in total. The maximum atomic E-state index is 2.40. The van der Waals surface area contributed by atoms with Gasteiger partial charge in [0, 0.05) is 0 Å². The fraction of sp³-hybridized carbons (Fsp3) is 0.103. The van der Waals surface area contributed by atoms with Crippen molar-refractivity contribution in [2.45, 2.75) is 5.54 Å². The van der Waals surface area contributed by atoms with Gasteiger partial charge in [0.05, 0.1) is 0 Å². The molecule has 30 heavy (non-hydrogen) atoms. The van der Waals surface area contributed by atoms with Gasteiger partial charge < -0.3 is 0 Å². The van der Waals surface area contributed by atoms with Crippen LogP contribution in [0.4, 0.5) is 0 Å². The van der Waals surface area contributed by atoms with Crippen LogP contribution in [-0.2, 0) is 0 Å². The average Bonchev–Trinajstić information content (AvgIpc) is 3.54. The molecule has 2 aliphatic rings. The van der Waals surface area contributed by atoms with Crippen LogP contribution in [0, 0.1) is 11.8 Å². The lowest BCUT2D eigenvalue weighted by atomic mass is 9.95. The second-order valence-electron chi connectivity index (χ2n) is 8.13. The van der Waals surface area contributed by atoms with Crippen molar-refractivity contribution in [3.63, 3.8) is 0 Å². The number of hydrogen-bond donors (Lipinski definition) is 0. The van der Waals surface area contributed by atoms with E-state index in [1.54, 1.807) is 0 Å². The SMILES string of the molecule is C1=CC(C(C2C=CC=C2)[Si](c2ccccc2)(c2ccccc2)c2ccccc2)C=C1. The van der Waals surface area contributed by atoms with Gasteiger partial charge in [0.15, 0.2) is 8.07 Å². The van der Waals surface area contributed by atoms with Crippen molar-refractivity contribution in [3.05, 3.63) is 140 Å². The summed E-state index contributed by atoms with van der Waals surface area (Å²) in [4.78, 5) is 0. The van der Waals surface area contributed by atoms with Crippen molar-refractivity contribution in [3.8, 4) is 0 Å². The van der Waals surface area contributed by atoms with Crippen LogP contribution >= 0.6 is 0 Å². The van der Waals surface area contributed by atoms with Crippen molar-refractivity contribution < 1.29 is 0 Å². The van der Waals surface area contributed by atoms with Gasteiger partial charge in [-0.3, -0.25) is 0 Å². The first kappa shape index (κ1) is 18.8. The molecule has 0 bridgehead atoms. The molecule has 0 saturated carbocycles. The maximum absolute atomic E-state index is 2.40. The molecule has 0 amide bonds. The first-order chi connectivity index (χ1) is 14.9. The van der Waals surface area contributed by atoms with Crippen molar-refractivity contribution >= 4 is 23.6 Å². The fourth-order valence-corrected chi connectivity index (χ4v) is 11.3. The molecule has 0 nitrogen and oxygen atoms in total. The van der Waals surface area contributed by atoms with Crippen molar-refractivity contribution in [1.29, 1.82) is 0 Å². The molecule has 5 rings (SSSR count). The highest BCUT2D eigenvalue weighted by atomic mass is 28.3. The first-order valence-corrected chi connectivity index (χ1v) is 12.8. The van der Waals surface area contributed by atoms with E-state index >= 15 is 0 Å². The van der Waals surface area contributed by atoms with Gasteiger partial charge in [0.2, 0.25) is 0 Å². The number of benzene rings is 3. The van der Waals surface area contributed by atoms with Gasteiger partial charge in [-0.15, -0.1) is 0 Å². The van der Waals surface area contributed by atoms with E-state index in [0.29, 0.717) is 17.4 Å². The molecule has 0 fully saturated rings. The molecule has 146 valence electrons. The maximum Gasteiger partial charge on any atom is 0.153 e. The molecular formula is C29H26Si. The summed E-state index contributed by atoms with van der Waals surface area (Å²) in [7, 11) is -2.39. The Bertz CT molecular complexity index is 942. The van der Waals surface area contributed by atoms with Gasteiger partial charge in [-0.25, -0.2) is 0 Å². The third kappa shape index (κ3) is 3.16. The van der Waals surface area contributed by atoms with Gasteiger partial charge >= 0.3 is 0 Å². The number of hydrogen-bond acceptors (Lipinski definition) is 0. The highest BCUT2D eigenvalue weighted by molar-refractivity contribution is 7.12. The Hall–Kier alpha value is -3.16. The lowest BCUT2D eigenvalue weighted by molar-refractivity contribution is 0.619. The van der Waals surface area contributed by atoms with Crippen LogP contribution in [0.25, 0.3) is 0 Å². The molecule has 0 radical (unpaired) electrons. The van der Waals surface area contributed by atoms with Crippen LogP contribution < -0.4 is 15.6 Å². The molecular weight excluding hydrogens is 376 g/mol. The molecule has 0 saturated heterocycles. The lowest BCUT2D eigenvalue weighted by Gasteiger charge is -2.45. The van der Waals surface area contributed by atoms with Crippen LogP contribution in [0.5, 0.6) is 0 Å². The summed E-state index contributed by atoms with van der Waals surface area (Å²) in [5, 5.41) is 4.44. The third-order valence-corrected chi connectivity index (χ3v) is 12.1. The molecule has 3 aromatic carbocycles. The van der Waals surface area contributed by atoms with Crippen LogP contribution in [0.2, 0.25) is 5.54 Å². The molecule has 1 heteroatoms. The summed E-state index contributed by atoms with van der Waals surface area (Å²) >= 11 is 0. The molecule has 0 aromatic heterocycles. The van der Waals surface area contributed by atoms with Gasteiger partial charge in [-0.1, -0.05) is 140 Å². The molecule has 0 heterocycles. The van der Waals surface area contributed by atoms with E-state index in [2.05, 4.69) is 140 Å². The Balaban J connectivity index is 1.87. The predicted molar refractivity (Wildman–Crippen MR) is 131 cm³/mol. The molecule has 3 aromatic rings.